The normalized spacial score (nSPS) is 16.4. The van der Waals surface area contributed by atoms with Crippen LogP contribution in [0.15, 0.2) is 21.8 Å². The summed E-state index contributed by atoms with van der Waals surface area (Å²) in [5.41, 5.74) is 0. The van der Waals surface area contributed by atoms with Gasteiger partial charge in [0.05, 0.1) is 16.8 Å². The summed E-state index contributed by atoms with van der Waals surface area (Å²) in [5.74, 6) is 0.546. The van der Waals surface area contributed by atoms with Gasteiger partial charge in [0.15, 0.2) is 10.8 Å². The fourth-order valence-corrected chi connectivity index (χ4v) is 2.05. The zero-order valence-electron chi connectivity index (χ0n) is 7.68. The smallest absolute Gasteiger partial charge is 0.255 e. The molecule has 0 radical (unpaired) electrons. The van der Waals surface area contributed by atoms with Crippen molar-refractivity contribution >= 4 is 26.0 Å². The predicted molar refractivity (Wildman–Crippen MR) is 57.0 cm³/mol. The second-order valence-electron chi connectivity index (χ2n) is 3.32. The third-order valence-electron chi connectivity index (χ3n) is 1.90. The number of hydrogen-bond donors (Lipinski definition) is 1. The van der Waals surface area contributed by atoms with Crippen molar-refractivity contribution in [1.82, 2.24) is 4.98 Å². The fraction of sp³-hybridized carbons (Fsp3) is 0.375. The molecular weight excluding hydrogens is 284 g/mol. The van der Waals surface area contributed by atoms with Gasteiger partial charge in [0.1, 0.15) is 0 Å². The van der Waals surface area contributed by atoms with Gasteiger partial charge in [0, 0.05) is 0 Å². The Balaban J connectivity index is 2.29. The lowest BCUT2D eigenvalue weighted by molar-refractivity contribution is 0.299. The standard InChI is InChI=1S/C8H9BrN2O3S/c9-6-3-8(15(10,12)13)11-4-7(6)14-5-1-2-5/h3-5H,1-2H2,(H2,10,12,13). The molecule has 0 saturated heterocycles. The van der Waals surface area contributed by atoms with E-state index in [4.69, 9.17) is 9.88 Å². The van der Waals surface area contributed by atoms with Crippen molar-refractivity contribution < 1.29 is 13.2 Å². The maximum Gasteiger partial charge on any atom is 0.255 e. The second kappa shape index (κ2) is 3.73. The Morgan fingerprint density at radius 3 is 2.67 bits per heavy atom. The van der Waals surface area contributed by atoms with E-state index >= 15 is 0 Å². The zero-order chi connectivity index (χ0) is 11.1. The van der Waals surface area contributed by atoms with Crippen LogP contribution in [0.25, 0.3) is 0 Å². The van der Waals surface area contributed by atoms with Gasteiger partial charge in [0.2, 0.25) is 0 Å². The SMILES string of the molecule is NS(=O)(=O)c1cc(Br)c(OC2CC2)cn1. The summed E-state index contributed by atoms with van der Waals surface area (Å²) < 4.78 is 28.0. The molecule has 1 aromatic heterocycles. The molecule has 0 aromatic carbocycles. The van der Waals surface area contributed by atoms with Crippen LogP contribution in [-0.4, -0.2) is 19.5 Å². The maximum atomic E-state index is 11.0. The number of rotatable bonds is 3. The number of pyridine rings is 1. The molecule has 0 bridgehead atoms. The molecule has 1 heterocycles. The topological polar surface area (TPSA) is 82.3 Å². The monoisotopic (exact) mass is 292 g/mol. The number of ether oxygens (including phenoxy) is 1. The molecule has 0 atom stereocenters. The number of nitrogens with two attached hydrogens (primary N) is 1. The van der Waals surface area contributed by atoms with Crippen molar-refractivity contribution in [2.75, 3.05) is 0 Å². The second-order valence-corrected chi connectivity index (χ2v) is 5.68. The van der Waals surface area contributed by atoms with Crippen LogP contribution in [0.4, 0.5) is 0 Å². The Labute approximate surface area is 95.8 Å². The highest BCUT2D eigenvalue weighted by atomic mass is 79.9. The Kier molecular flexibility index (Phi) is 2.70. The highest BCUT2D eigenvalue weighted by Gasteiger charge is 2.25. The zero-order valence-corrected chi connectivity index (χ0v) is 10.1. The minimum atomic E-state index is -3.75. The molecule has 15 heavy (non-hydrogen) atoms. The number of hydrogen-bond acceptors (Lipinski definition) is 4. The molecule has 1 aliphatic rings. The molecule has 5 nitrogen and oxygen atoms in total. The van der Waals surface area contributed by atoms with Crippen LogP contribution in [0.2, 0.25) is 0 Å². The molecule has 7 heteroatoms. The summed E-state index contributed by atoms with van der Waals surface area (Å²) in [7, 11) is -3.75. The molecule has 1 saturated carbocycles. The average Bonchev–Trinajstić information content (AvgIpc) is 2.90. The highest BCUT2D eigenvalue weighted by molar-refractivity contribution is 9.10. The van der Waals surface area contributed by atoms with Crippen LogP contribution in [0.1, 0.15) is 12.8 Å². The van der Waals surface area contributed by atoms with E-state index in [-0.39, 0.29) is 11.1 Å². The highest BCUT2D eigenvalue weighted by Crippen LogP contribution is 2.32. The van der Waals surface area contributed by atoms with Crippen LogP contribution in [-0.2, 0) is 10.0 Å². The molecule has 0 unspecified atom stereocenters. The molecular formula is C8H9BrN2O3S. The van der Waals surface area contributed by atoms with E-state index in [0.29, 0.717) is 10.2 Å². The van der Waals surface area contributed by atoms with Gasteiger partial charge in [-0.05, 0) is 34.8 Å². The predicted octanol–water partition coefficient (Wildman–Crippen LogP) is 1.03. The lowest BCUT2D eigenvalue weighted by Crippen LogP contribution is -2.14. The Morgan fingerprint density at radius 2 is 2.20 bits per heavy atom. The lowest BCUT2D eigenvalue weighted by Gasteiger charge is -2.06. The van der Waals surface area contributed by atoms with E-state index in [1.807, 2.05) is 0 Å². The lowest BCUT2D eigenvalue weighted by atomic mass is 10.4. The molecule has 1 fully saturated rings. The van der Waals surface area contributed by atoms with Gasteiger partial charge >= 0.3 is 0 Å². The van der Waals surface area contributed by atoms with Crippen LogP contribution in [0.5, 0.6) is 5.75 Å². The van der Waals surface area contributed by atoms with Gasteiger partial charge in [0.25, 0.3) is 10.0 Å². The third-order valence-corrected chi connectivity index (χ3v) is 3.33. The van der Waals surface area contributed by atoms with Gasteiger partial charge < -0.3 is 4.74 Å². The minimum Gasteiger partial charge on any atom is -0.488 e. The summed E-state index contributed by atoms with van der Waals surface area (Å²) in [4.78, 5) is 3.72. The third kappa shape index (κ3) is 2.67. The number of nitrogens with zero attached hydrogens (tertiary/aromatic N) is 1. The van der Waals surface area contributed by atoms with Crippen LogP contribution in [0, 0.1) is 0 Å². The summed E-state index contributed by atoms with van der Waals surface area (Å²) >= 11 is 3.21. The van der Waals surface area contributed by atoms with Crippen molar-refractivity contribution in [1.29, 1.82) is 0 Å². The largest absolute Gasteiger partial charge is 0.488 e. The van der Waals surface area contributed by atoms with Crippen molar-refractivity contribution in [3.63, 3.8) is 0 Å². The number of primary sulfonamides is 1. The van der Waals surface area contributed by atoms with Crippen LogP contribution < -0.4 is 9.88 Å². The minimum absolute atomic E-state index is 0.169. The number of sulfonamides is 1. The van der Waals surface area contributed by atoms with Gasteiger partial charge in [-0.1, -0.05) is 0 Å². The Morgan fingerprint density at radius 1 is 1.53 bits per heavy atom. The van der Waals surface area contributed by atoms with Crippen molar-refractivity contribution in [2.45, 2.75) is 24.0 Å². The molecule has 0 amide bonds. The maximum absolute atomic E-state index is 11.0. The van der Waals surface area contributed by atoms with Gasteiger partial charge in [-0.2, -0.15) is 0 Å². The van der Waals surface area contributed by atoms with Crippen molar-refractivity contribution in [2.24, 2.45) is 5.14 Å². The van der Waals surface area contributed by atoms with E-state index < -0.39 is 10.0 Å². The van der Waals surface area contributed by atoms with Gasteiger partial charge in [-0.25, -0.2) is 18.5 Å². The Bertz CT molecular complexity index is 485. The molecule has 1 aliphatic carbocycles. The first kappa shape index (κ1) is 10.8. The van der Waals surface area contributed by atoms with E-state index in [0.717, 1.165) is 12.8 Å². The summed E-state index contributed by atoms with van der Waals surface area (Å²) in [6.45, 7) is 0. The van der Waals surface area contributed by atoms with Crippen molar-refractivity contribution in [3.8, 4) is 5.75 Å². The summed E-state index contributed by atoms with van der Waals surface area (Å²) in [6, 6.07) is 1.34. The average molecular weight is 293 g/mol. The van der Waals surface area contributed by atoms with Crippen LogP contribution in [0.3, 0.4) is 0 Å². The van der Waals surface area contributed by atoms with E-state index in [9.17, 15) is 8.42 Å². The molecule has 2 N–H and O–H groups in total. The molecule has 0 spiro atoms. The van der Waals surface area contributed by atoms with E-state index in [1.165, 1.54) is 12.3 Å². The first-order valence-electron chi connectivity index (χ1n) is 4.32. The number of aromatic nitrogens is 1. The number of halogens is 1. The van der Waals surface area contributed by atoms with Gasteiger partial charge in [-0.3, -0.25) is 0 Å². The molecule has 2 rings (SSSR count). The molecule has 82 valence electrons. The van der Waals surface area contributed by atoms with E-state index in [1.54, 1.807) is 0 Å². The summed E-state index contributed by atoms with van der Waals surface area (Å²) in [5, 5.41) is 4.77. The van der Waals surface area contributed by atoms with Gasteiger partial charge in [-0.15, -0.1) is 0 Å². The Hall–Kier alpha value is -0.660. The van der Waals surface area contributed by atoms with Crippen molar-refractivity contribution in [3.05, 3.63) is 16.7 Å². The first-order chi connectivity index (χ1) is 6.97. The van der Waals surface area contributed by atoms with E-state index in [2.05, 4.69) is 20.9 Å². The quantitative estimate of drug-likeness (QED) is 0.902. The summed E-state index contributed by atoms with van der Waals surface area (Å²) in [6.07, 6.45) is 3.66. The van der Waals surface area contributed by atoms with Crippen LogP contribution >= 0.6 is 15.9 Å². The molecule has 0 aliphatic heterocycles. The fourth-order valence-electron chi connectivity index (χ4n) is 1.01. The molecule has 1 aromatic rings. The first-order valence-corrected chi connectivity index (χ1v) is 6.66.